The second-order valence-electron chi connectivity index (χ2n) is 8.49. The summed E-state index contributed by atoms with van der Waals surface area (Å²) >= 11 is 0. The molecule has 1 atom stereocenters. The largest absolute Gasteiger partial charge is 0.333 e. The molecule has 0 saturated heterocycles. The summed E-state index contributed by atoms with van der Waals surface area (Å²) in [5.41, 5.74) is 2.37. The number of carbonyl (C=O) groups excluding carboxylic acids is 1. The Morgan fingerprint density at radius 2 is 1.69 bits per heavy atom. The lowest BCUT2D eigenvalue weighted by molar-refractivity contribution is -0.133. The predicted molar refractivity (Wildman–Crippen MR) is 131 cm³/mol. The predicted octanol–water partition coefficient (Wildman–Crippen LogP) is 5.96. The van der Waals surface area contributed by atoms with Crippen LogP contribution in [0.5, 0.6) is 0 Å². The average Bonchev–Trinajstić information content (AvgIpc) is 2.80. The number of fused-ring (bicyclic) bond motifs is 1. The van der Waals surface area contributed by atoms with E-state index in [0.717, 1.165) is 43.4 Å². The van der Waals surface area contributed by atoms with Gasteiger partial charge in [-0.1, -0.05) is 63.4 Å². The van der Waals surface area contributed by atoms with Crippen molar-refractivity contribution in [2.75, 3.05) is 6.54 Å². The fourth-order valence-corrected chi connectivity index (χ4v) is 4.15. The SMILES string of the molecule is CCCCCC(=O)N(CCCC)C(C)c1nc2ccccc2c(=O)n1-c1ccccc1C. The molecule has 1 aromatic heterocycles. The molecule has 1 amide bonds. The highest BCUT2D eigenvalue weighted by atomic mass is 16.2. The molecule has 0 aliphatic rings. The average molecular weight is 434 g/mol. The summed E-state index contributed by atoms with van der Waals surface area (Å²) in [5.74, 6) is 0.751. The van der Waals surface area contributed by atoms with Crippen molar-refractivity contribution in [3.8, 4) is 5.69 Å². The normalized spacial score (nSPS) is 12.1. The van der Waals surface area contributed by atoms with Gasteiger partial charge in [0.25, 0.3) is 5.56 Å². The Bertz CT molecular complexity index is 1120. The smallest absolute Gasteiger partial charge is 0.266 e. The van der Waals surface area contributed by atoms with Gasteiger partial charge in [0.2, 0.25) is 5.91 Å². The summed E-state index contributed by atoms with van der Waals surface area (Å²) < 4.78 is 1.71. The van der Waals surface area contributed by atoms with Gasteiger partial charge in [0.05, 0.1) is 22.6 Å². The zero-order valence-corrected chi connectivity index (χ0v) is 19.8. The molecular weight excluding hydrogens is 398 g/mol. The Balaban J connectivity index is 2.16. The molecule has 3 aromatic rings. The molecule has 1 heterocycles. The van der Waals surface area contributed by atoms with Crippen LogP contribution in [0.3, 0.4) is 0 Å². The van der Waals surface area contributed by atoms with Gasteiger partial charge in [-0.3, -0.25) is 14.2 Å². The van der Waals surface area contributed by atoms with Crippen LogP contribution in [0.15, 0.2) is 53.3 Å². The van der Waals surface area contributed by atoms with Crippen LogP contribution in [0.1, 0.15) is 76.7 Å². The van der Waals surface area contributed by atoms with Gasteiger partial charge >= 0.3 is 0 Å². The van der Waals surface area contributed by atoms with E-state index in [9.17, 15) is 9.59 Å². The van der Waals surface area contributed by atoms with Gasteiger partial charge < -0.3 is 4.90 Å². The number of para-hydroxylation sites is 2. The lowest BCUT2D eigenvalue weighted by atomic mass is 10.1. The number of amides is 1. The van der Waals surface area contributed by atoms with Crippen LogP contribution in [0.25, 0.3) is 16.6 Å². The number of carbonyl (C=O) groups is 1. The molecule has 5 nitrogen and oxygen atoms in total. The van der Waals surface area contributed by atoms with Crippen molar-refractivity contribution < 1.29 is 4.79 Å². The molecule has 5 heteroatoms. The highest BCUT2D eigenvalue weighted by Crippen LogP contribution is 2.25. The standard InChI is InChI=1S/C27H35N3O2/c1-5-7-9-18-25(31)29(19-8-6-2)21(4)26-28-23-16-12-11-15-22(23)27(32)30(26)24-17-13-10-14-20(24)3/h10-17,21H,5-9,18-19H2,1-4H3. The Labute approximate surface area is 191 Å². The first-order valence-electron chi connectivity index (χ1n) is 11.9. The number of rotatable bonds is 10. The molecule has 0 aliphatic heterocycles. The molecular formula is C27H35N3O2. The van der Waals surface area contributed by atoms with Gasteiger partial charge in [-0.05, 0) is 50.5 Å². The summed E-state index contributed by atoms with van der Waals surface area (Å²) in [4.78, 5) is 33.7. The van der Waals surface area contributed by atoms with Gasteiger partial charge in [0, 0.05) is 13.0 Å². The third-order valence-electron chi connectivity index (χ3n) is 6.07. The number of hydrogen-bond acceptors (Lipinski definition) is 3. The number of hydrogen-bond donors (Lipinski definition) is 0. The second kappa shape index (κ2) is 11.1. The summed E-state index contributed by atoms with van der Waals surface area (Å²) in [5, 5.41) is 0.584. The third kappa shape index (κ3) is 5.09. The van der Waals surface area contributed by atoms with E-state index < -0.39 is 0 Å². The Kier molecular flexibility index (Phi) is 8.20. The van der Waals surface area contributed by atoms with Crippen molar-refractivity contribution >= 4 is 16.8 Å². The number of nitrogens with zero attached hydrogens (tertiary/aromatic N) is 3. The number of aromatic nitrogens is 2. The molecule has 0 N–H and O–H groups in total. The number of benzene rings is 2. The van der Waals surface area contributed by atoms with E-state index in [1.165, 1.54) is 0 Å². The first-order valence-corrected chi connectivity index (χ1v) is 11.9. The molecule has 32 heavy (non-hydrogen) atoms. The minimum Gasteiger partial charge on any atom is -0.333 e. The highest BCUT2D eigenvalue weighted by Gasteiger charge is 2.26. The maximum absolute atomic E-state index is 13.6. The second-order valence-corrected chi connectivity index (χ2v) is 8.49. The van der Waals surface area contributed by atoms with Crippen molar-refractivity contribution in [2.45, 2.75) is 72.3 Å². The molecule has 0 aliphatic carbocycles. The van der Waals surface area contributed by atoms with Gasteiger partial charge in [-0.25, -0.2) is 4.98 Å². The Morgan fingerprint density at radius 3 is 2.41 bits per heavy atom. The van der Waals surface area contributed by atoms with E-state index in [4.69, 9.17) is 4.98 Å². The molecule has 0 spiro atoms. The van der Waals surface area contributed by atoms with Crippen LogP contribution in [0.2, 0.25) is 0 Å². The van der Waals surface area contributed by atoms with E-state index in [2.05, 4.69) is 13.8 Å². The zero-order chi connectivity index (χ0) is 23.1. The molecule has 0 fully saturated rings. The maximum atomic E-state index is 13.6. The Hall–Kier alpha value is -2.95. The van der Waals surface area contributed by atoms with Crippen molar-refractivity contribution in [1.82, 2.24) is 14.5 Å². The minimum atomic E-state index is -0.312. The minimum absolute atomic E-state index is 0.0966. The van der Waals surface area contributed by atoms with E-state index in [1.807, 2.05) is 67.3 Å². The van der Waals surface area contributed by atoms with Crippen LogP contribution in [-0.2, 0) is 4.79 Å². The van der Waals surface area contributed by atoms with Crippen molar-refractivity contribution in [3.63, 3.8) is 0 Å². The quantitative estimate of drug-likeness (QED) is 0.370. The zero-order valence-electron chi connectivity index (χ0n) is 19.8. The molecule has 1 unspecified atom stereocenters. The molecule has 0 bridgehead atoms. The van der Waals surface area contributed by atoms with Crippen LogP contribution < -0.4 is 5.56 Å². The molecule has 2 aromatic carbocycles. The fraction of sp³-hybridized carbons (Fsp3) is 0.444. The first kappa shape index (κ1) is 23.7. The number of aryl methyl sites for hydroxylation is 1. The van der Waals surface area contributed by atoms with Crippen LogP contribution in [0.4, 0.5) is 0 Å². The summed E-state index contributed by atoms with van der Waals surface area (Å²) in [6.07, 6.45) is 5.47. The third-order valence-corrected chi connectivity index (χ3v) is 6.07. The van der Waals surface area contributed by atoms with Gasteiger partial charge in [-0.15, -0.1) is 0 Å². The van der Waals surface area contributed by atoms with Crippen molar-refractivity contribution in [1.29, 1.82) is 0 Å². The highest BCUT2D eigenvalue weighted by molar-refractivity contribution is 5.79. The summed E-state index contributed by atoms with van der Waals surface area (Å²) in [6, 6.07) is 15.0. The van der Waals surface area contributed by atoms with Crippen LogP contribution >= 0.6 is 0 Å². The molecule has 0 saturated carbocycles. The van der Waals surface area contributed by atoms with Crippen molar-refractivity contribution in [3.05, 3.63) is 70.3 Å². The van der Waals surface area contributed by atoms with Gasteiger partial charge in [-0.2, -0.15) is 0 Å². The van der Waals surface area contributed by atoms with E-state index >= 15 is 0 Å². The van der Waals surface area contributed by atoms with Crippen LogP contribution in [-0.4, -0.2) is 26.9 Å². The van der Waals surface area contributed by atoms with Gasteiger partial charge in [0.15, 0.2) is 0 Å². The molecule has 3 rings (SSSR count). The Morgan fingerprint density at radius 1 is 1.00 bits per heavy atom. The first-order chi connectivity index (χ1) is 15.5. The molecule has 170 valence electrons. The fourth-order valence-electron chi connectivity index (χ4n) is 4.15. The van der Waals surface area contributed by atoms with Crippen LogP contribution in [0, 0.1) is 6.92 Å². The summed E-state index contributed by atoms with van der Waals surface area (Å²) in [7, 11) is 0. The van der Waals surface area contributed by atoms with E-state index in [-0.39, 0.29) is 17.5 Å². The lowest BCUT2D eigenvalue weighted by Crippen LogP contribution is -2.38. The van der Waals surface area contributed by atoms with E-state index in [0.29, 0.717) is 29.7 Å². The lowest BCUT2D eigenvalue weighted by Gasteiger charge is -2.31. The number of unbranched alkanes of at least 4 members (excludes halogenated alkanes) is 3. The topological polar surface area (TPSA) is 55.2 Å². The summed E-state index contributed by atoms with van der Waals surface area (Å²) in [6.45, 7) is 8.93. The van der Waals surface area contributed by atoms with Crippen molar-refractivity contribution in [2.24, 2.45) is 0 Å². The molecule has 0 radical (unpaired) electrons. The van der Waals surface area contributed by atoms with E-state index in [1.54, 1.807) is 4.57 Å². The maximum Gasteiger partial charge on any atom is 0.266 e. The van der Waals surface area contributed by atoms with Gasteiger partial charge in [0.1, 0.15) is 5.82 Å². The monoisotopic (exact) mass is 433 g/mol.